The topological polar surface area (TPSA) is 79.8 Å². The summed E-state index contributed by atoms with van der Waals surface area (Å²) in [5.41, 5.74) is 4.99. The Morgan fingerprint density at radius 2 is 1.63 bits per heavy atom. The number of para-hydroxylation sites is 1. The van der Waals surface area contributed by atoms with E-state index in [1.54, 1.807) is 25.3 Å². The van der Waals surface area contributed by atoms with E-state index in [0.29, 0.717) is 17.3 Å². The van der Waals surface area contributed by atoms with Crippen molar-refractivity contribution in [2.45, 2.75) is 33.6 Å². The van der Waals surface area contributed by atoms with E-state index in [1.165, 1.54) is 11.1 Å². The maximum atomic E-state index is 11.4. The number of nitrogens with one attached hydrogen (secondary N) is 2. The molecule has 0 bridgehead atoms. The molecule has 6 nitrogen and oxygen atoms in total. The molecule has 1 heterocycles. The van der Waals surface area contributed by atoms with E-state index < -0.39 is 0 Å². The van der Waals surface area contributed by atoms with Crippen molar-refractivity contribution < 1.29 is 4.79 Å². The first-order chi connectivity index (χ1) is 13.1. The van der Waals surface area contributed by atoms with Crippen LogP contribution < -0.4 is 10.6 Å². The number of hydrogen-bond acceptors (Lipinski definition) is 6. The van der Waals surface area contributed by atoms with Crippen LogP contribution in [-0.4, -0.2) is 21.0 Å². The Bertz CT molecular complexity index is 915. The van der Waals surface area contributed by atoms with E-state index in [9.17, 15) is 4.79 Å². The minimum atomic E-state index is 0.0399. The lowest BCUT2D eigenvalue weighted by Gasteiger charge is -2.14. The van der Waals surface area contributed by atoms with Gasteiger partial charge < -0.3 is 10.6 Å². The molecule has 0 spiro atoms. The molecular weight excluding hydrogens is 338 g/mol. The summed E-state index contributed by atoms with van der Waals surface area (Å²) in [6.45, 7) is 5.80. The molecule has 0 unspecified atom stereocenters. The third kappa shape index (κ3) is 4.47. The summed E-state index contributed by atoms with van der Waals surface area (Å²) in [6, 6.07) is 13.5. The van der Waals surface area contributed by atoms with Crippen LogP contribution in [0.2, 0.25) is 0 Å². The fraction of sp³-hybridized carbons (Fsp3) is 0.238. The smallest absolute Gasteiger partial charge is 0.249 e. The van der Waals surface area contributed by atoms with Gasteiger partial charge in [0.15, 0.2) is 11.6 Å². The number of anilines is 4. The highest BCUT2D eigenvalue weighted by Crippen LogP contribution is 2.25. The Morgan fingerprint density at radius 1 is 0.963 bits per heavy atom. The largest absolute Gasteiger partial charge is 0.339 e. The van der Waals surface area contributed by atoms with Crippen molar-refractivity contribution in [3.8, 4) is 0 Å². The van der Waals surface area contributed by atoms with Gasteiger partial charge in [0.1, 0.15) is 0 Å². The molecule has 0 atom stereocenters. The quantitative estimate of drug-likeness (QED) is 0.595. The highest BCUT2D eigenvalue weighted by molar-refractivity contribution is 5.94. The van der Waals surface area contributed by atoms with Gasteiger partial charge in [-0.15, -0.1) is 5.10 Å². The van der Waals surface area contributed by atoms with Crippen molar-refractivity contribution in [2.75, 3.05) is 10.6 Å². The van der Waals surface area contributed by atoms with Crippen molar-refractivity contribution in [3.63, 3.8) is 0 Å². The summed E-state index contributed by atoms with van der Waals surface area (Å²) in [7, 11) is 0. The average Bonchev–Trinajstić information content (AvgIpc) is 2.69. The molecule has 2 N–H and O–H groups in total. The third-order valence-electron chi connectivity index (χ3n) is 4.36. The summed E-state index contributed by atoms with van der Waals surface area (Å²) in [4.78, 5) is 15.9. The number of nitrogens with zero attached hydrogens (tertiary/aromatic N) is 3. The molecule has 0 saturated carbocycles. The molecular formula is C21H23N5O. The molecule has 3 rings (SSSR count). The number of carbonyl (C=O) groups excluding carboxylic acids is 1. The van der Waals surface area contributed by atoms with Gasteiger partial charge in [0, 0.05) is 16.9 Å². The lowest BCUT2D eigenvalue weighted by atomic mass is 10.0. The van der Waals surface area contributed by atoms with Crippen LogP contribution in [0.3, 0.4) is 0 Å². The van der Waals surface area contributed by atoms with Gasteiger partial charge in [-0.2, -0.15) is 10.1 Å². The molecule has 0 amide bonds. The Labute approximate surface area is 159 Å². The van der Waals surface area contributed by atoms with Crippen LogP contribution in [0, 0.1) is 0 Å². The molecule has 0 aliphatic carbocycles. The maximum Gasteiger partial charge on any atom is 0.249 e. The maximum absolute atomic E-state index is 11.4. The lowest BCUT2D eigenvalue weighted by molar-refractivity contribution is 0.101. The number of carbonyl (C=O) groups is 1. The molecule has 27 heavy (non-hydrogen) atoms. The summed E-state index contributed by atoms with van der Waals surface area (Å²) in [6.07, 6.45) is 3.41. The molecule has 0 radical (unpaired) electrons. The molecule has 3 aromatic rings. The van der Waals surface area contributed by atoms with Crippen molar-refractivity contribution in [3.05, 3.63) is 65.4 Å². The Morgan fingerprint density at radius 3 is 2.22 bits per heavy atom. The van der Waals surface area contributed by atoms with Gasteiger partial charge in [0.25, 0.3) is 0 Å². The standard InChI is InChI=1S/C21H23N5O/c1-4-15-7-6-8-16(5-2)20(15)25-21-24-19(13-22-26-21)23-18-11-9-17(10-12-18)14(3)27/h6-13H,4-5H2,1-3H3,(H2,23,24,25,26). The van der Waals surface area contributed by atoms with Gasteiger partial charge in [-0.05, 0) is 55.2 Å². The second kappa shape index (κ2) is 8.40. The number of rotatable bonds is 7. The van der Waals surface area contributed by atoms with Crippen LogP contribution in [0.5, 0.6) is 0 Å². The van der Waals surface area contributed by atoms with Gasteiger partial charge in [-0.1, -0.05) is 32.0 Å². The highest BCUT2D eigenvalue weighted by atomic mass is 16.1. The first kappa shape index (κ1) is 18.5. The van der Waals surface area contributed by atoms with Gasteiger partial charge in [-0.3, -0.25) is 4.79 Å². The lowest BCUT2D eigenvalue weighted by Crippen LogP contribution is -2.06. The number of ketones is 1. The number of benzene rings is 2. The summed E-state index contributed by atoms with van der Waals surface area (Å²) >= 11 is 0. The Hall–Kier alpha value is -3.28. The molecule has 0 fully saturated rings. The number of Topliss-reactive ketones (excluding diaryl/α,β-unsaturated/α-hetero) is 1. The zero-order valence-electron chi connectivity index (χ0n) is 15.8. The summed E-state index contributed by atoms with van der Waals surface area (Å²) in [5, 5.41) is 14.7. The van der Waals surface area contributed by atoms with Gasteiger partial charge in [0.05, 0.1) is 6.20 Å². The predicted molar refractivity (Wildman–Crippen MR) is 108 cm³/mol. The molecule has 138 valence electrons. The molecule has 0 aliphatic rings. The Kier molecular flexibility index (Phi) is 5.76. The fourth-order valence-corrected chi connectivity index (χ4v) is 2.87. The number of aryl methyl sites for hydroxylation is 2. The summed E-state index contributed by atoms with van der Waals surface area (Å²) in [5.74, 6) is 1.06. The Balaban J connectivity index is 1.81. The van der Waals surface area contributed by atoms with Crippen LogP contribution in [0.1, 0.15) is 42.3 Å². The molecule has 2 aromatic carbocycles. The zero-order valence-corrected chi connectivity index (χ0v) is 15.8. The van der Waals surface area contributed by atoms with Crippen LogP contribution in [0.25, 0.3) is 0 Å². The second-order valence-electron chi connectivity index (χ2n) is 6.21. The van der Waals surface area contributed by atoms with E-state index in [0.717, 1.165) is 24.2 Å². The van der Waals surface area contributed by atoms with Crippen LogP contribution in [0.4, 0.5) is 23.1 Å². The van der Waals surface area contributed by atoms with Crippen LogP contribution in [0.15, 0.2) is 48.7 Å². The van der Waals surface area contributed by atoms with Crippen LogP contribution in [-0.2, 0) is 12.8 Å². The van der Waals surface area contributed by atoms with Crippen LogP contribution >= 0.6 is 0 Å². The second-order valence-corrected chi connectivity index (χ2v) is 6.21. The van der Waals surface area contributed by atoms with E-state index in [-0.39, 0.29) is 5.78 Å². The molecule has 0 saturated heterocycles. The number of aromatic nitrogens is 3. The average molecular weight is 361 g/mol. The molecule has 6 heteroatoms. The SMILES string of the molecule is CCc1cccc(CC)c1Nc1nncc(Nc2ccc(C(C)=O)cc2)n1. The molecule has 0 aliphatic heterocycles. The van der Waals surface area contributed by atoms with Crippen molar-refractivity contribution in [2.24, 2.45) is 0 Å². The first-order valence-corrected chi connectivity index (χ1v) is 9.06. The minimum absolute atomic E-state index is 0.0399. The monoisotopic (exact) mass is 361 g/mol. The minimum Gasteiger partial charge on any atom is -0.339 e. The van der Waals surface area contributed by atoms with Gasteiger partial charge in [-0.25, -0.2) is 0 Å². The van der Waals surface area contributed by atoms with E-state index in [4.69, 9.17) is 0 Å². The number of hydrogen-bond donors (Lipinski definition) is 2. The fourth-order valence-electron chi connectivity index (χ4n) is 2.87. The third-order valence-corrected chi connectivity index (χ3v) is 4.36. The molecule has 1 aromatic heterocycles. The van der Waals surface area contributed by atoms with E-state index >= 15 is 0 Å². The van der Waals surface area contributed by atoms with E-state index in [2.05, 4.69) is 57.9 Å². The summed E-state index contributed by atoms with van der Waals surface area (Å²) < 4.78 is 0. The zero-order chi connectivity index (χ0) is 19.2. The van der Waals surface area contributed by atoms with Crippen molar-refractivity contribution in [1.29, 1.82) is 0 Å². The van der Waals surface area contributed by atoms with Gasteiger partial charge >= 0.3 is 0 Å². The first-order valence-electron chi connectivity index (χ1n) is 9.06. The van der Waals surface area contributed by atoms with Crippen molar-refractivity contribution in [1.82, 2.24) is 15.2 Å². The highest BCUT2D eigenvalue weighted by Gasteiger charge is 2.09. The van der Waals surface area contributed by atoms with Crippen molar-refractivity contribution >= 4 is 28.9 Å². The van der Waals surface area contributed by atoms with Gasteiger partial charge in [0.2, 0.25) is 5.95 Å². The predicted octanol–water partition coefficient (Wildman–Crippen LogP) is 4.69. The normalized spacial score (nSPS) is 10.5. The van der Waals surface area contributed by atoms with E-state index in [1.807, 2.05) is 12.1 Å².